The summed E-state index contributed by atoms with van der Waals surface area (Å²) in [4.78, 5) is 20.7. The quantitative estimate of drug-likeness (QED) is 0.136. The van der Waals surface area contributed by atoms with E-state index >= 15 is 0 Å². The lowest BCUT2D eigenvalue weighted by Gasteiger charge is -2.12. The maximum Gasteiger partial charge on any atom is 0.269 e. The summed E-state index contributed by atoms with van der Waals surface area (Å²) in [6, 6.07) is 27.2. The average molecular weight is 495 g/mol. The Balaban J connectivity index is 1.44. The van der Waals surface area contributed by atoms with Crippen molar-refractivity contribution in [2.24, 2.45) is 10.2 Å². The van der Waals surface area contributed by atoms with Crippen molar-refractivity contribution in [2.45, 2.75) is 0 Å². The molecule has 0 aliphatic heterocycles. The van der Waals surface area contributed by atoms with Crippen molar-refractivity contribution in [1.29, 1.82) is 0 Å². The van der Waals surface area contributed by atoms with Crippen molar-refractivity contribution in [3.8, 4) is 0 Å². The lowest BCUT2D eigenvalue weighted by Crippen LogP contribution is -2.00. The second kappa shape index (κ2) is 11.7. The van der Waals surface area contributed by atoms with Gasteiger partial charge in [0.25, 0.3) is 11.4 Å². The summed E-state index contributed by atoms with van der Waals surface area (Å²) in [5.41, 5.74) is 10.2. The molecule has 0 heterocycles. The Bertz CT molecular complexity index is 1340. The fraction of sp³-hybridized carbons (Fsp3) is 0. The molecule has 0 aliphatic carbocycles. The van der Waals surface area contributed by atoms with Gasteiger partial charge in [0.05, 0.1) is 33.7 Å². The van der Waals surface area contributed by atoms with Crippen molar-refractivity contribution in [3.05, 3.63) is 128 Å². The van der Waals surface area contributed by atoms with Gasteiger partial charge in [0.2, 0.25) is 0 Å². The lowest BCUT2D eigenvalue weighted by atomic mass is 10.1. The van der Waals surface area contributed by atoms with Crippen LogP contribution in [-0.4, -0.2) is 22.3 Å². The SMILES string of the molecule is O=[N+]([O-])c1ccc(N/N=C/c2ccccc2Nc2ccccc2/C=N/Nc2ccc([N+](=O)[O-])cc2)cc1. The van der Waals surface area contributed by atoms with Crippen LogP contribution in [-0.2, 0) is 0 Å². The van der Waals surface area contributed by atoms with Crippen molar-refractivity contribution >= 4 is 46.6 Å². The number of nitrogens with one attached hydrogen (secondary N) is 3. The highest BCUT2D eigenvalue weighted by Gasteiger charge is 2.06. The monoisotopic (exact) mass is 495 g/mol. The minimum atomic E-state index is -0.455. The summed E-state index contributed by atoms with van der Waals surface area (Å²) in [7, 11) is 0. The van der Waals surface area contributed by atoms with E-state index in [-0.39, 0.29) is 11.4 Å². The summed E-state index contributed by atoms with van der Waals surface area (Å²) < 4.78 is 0. The third-order valence-corrected chi connectivity index (χ3v) is 5.14. The highest BCUT2D eigenvalue weighted by atomic mass is 16.6. The number of anilines is 4. The molecule has 4 aromatic rings. The molecule has 4 aromatic carbocycles. The van der Waals surface area contributed by atoms with E-state index in [1.807, 2.05) is 48.5 Å². The van der Waals surface area contributed by atoms with Gasteiger partial charge < -0.3 is 5.32 Å². The predicted octanol–water partition coefficient (Wildman–Crippen LogP) is 6.14. The minimum absolute atomic E-state index is 0.00854. The molecule has 4 rings (SSSR count). The smallest absolute Gasteiger partial charge is 0.269 e. The van der Waals surface area contributed by atoms with Crippen molar-refractivity contribution < 1.29 is 9.85 Å². The van der Waals surface area contributed by atoms with E-state index in [4.69, 9.17) is 0 Å². The molecular weight excluding hydrogens is 474 g/mol. The average Bonchev–Trinajstić information content (AvgIpc) is 2.91. The zero-order valence-corrected chi connectivity index (χ0v) is 19.3. The molecule has 0 unspecified atom stereocenters. The first-order valence-electron chi connectivity index (χ1n) is 11.0. The first-order chi connectivity index (χ1) is 18.0. The Morgan fingerprint density at radius 1 is 0.568 bits per heavy atom. The molecule has 0 atom stereocenters. The molecule has 0 saturated heterocycles. The molecule has 0 saturated carbocycles. The summed E-state index contributed by atoms with van der Waals surface area (Å²) >= 11 is 0. The number of hydrogen-bond acceptors (Lipinski definition) is 9. The molecule has 0 amide bonds. The van der Waals surface area contributed by atoms with Crippen LogP contribution in [0.3, 0.4) is 0 Å². The maximum absolute atomic E-state index is 10.8. The number of nitro benzene ring substituents is 2. The Morgan fingerprint density at radius 2 is 0.946 bits per heavy atom. The zero-order chi connectivity index (χ0) is 26.0. The Labute approximate surface area is 211 Å². The molecular formula is C26H21N7O4. The van der Waals surface area contributed by atoms with Gasteiger partial charge in [0.1, 0.15) is 0 Å². The van der Waals surface area contributed by atoms with Crippen molar-refractivity contribution in [2.75, 3.05) is 16.2 Å². The van der Waals surface area contributed by atoms with E-state index in [1.54, 1.807) is 36.7 Å². The van der Waals surface area contributed by atoms with E-state index in [9.17, 15) is 20.2 Å². The third-order valence-electron chi connectivity index (χ3n) is 5.14. The Morgan fingerprint density at radius 3 is 1.32 bits per heavy atom. The number of hydrazone groups is 2. The summed E-state index contributed by atoms with van der Waals surface area (Å²) in [6.45, 7) is 0. The predicted molar refractivity (Wildman–Crippen MR) is 145 cm³/mol. The van der Waals surface area contributed by atoms with Gasteiger partial charge in [0.15, 0.2) is 0 Å². The van der Waals surface area contributed by atoms with Gasteiger partial charge in [-0.05, 0) is 36.4 Å². The maximum atomic E-state index is 10.8. The summed E-state index contributed by atoms with van der Waals surface area (Å²) in [5, 5.41) is 33.5. The van der Waals surface area contributed by atoms with Gasteiger partial charge in [0, 0.05) is 46.8 Å². The molecule has 0 aromatic heterocycles. The molecule has 0 aliphatic rings. The molecule has 184 valence electrons. The van der Waals surface area contributed by atoms with Crippen LogP contribution in [0, 0.1) is 20.2 Å². The molecule has 0 bridgehead atoms. The van der Waals surface area contributed by atoms with Crippen LogP contribution in [0.25, 0.3) is 0 Å². The Kier molecular flexibility index (Phi) is 7.77. The van der Waals surface area contributed by atoms with Gasteiger partial charge in [-0.15, -0.1) is 0 Å². The second-order valence-electron chi connectivity index (χ2n) is 7.65. The lowest BCUT2D eigenvalue weighted by molar-refractivity contribution is -0.385. The van der Waals surface area contributed by atoms with Gasteiger partial charge in [-0.25, -0.2) is 0 Å². The fourth-order valence-electron chi connectivity index (χ4n) is 3.26. The van der Waals surface area contributed by atoms with Gasteiger partial charge >= 0.3 is 0 Å². The summed E-state index contributed by atoms with van der Waals surface area (Å²) in [5.74, 6) is 0. The number of hydrogen-bond donors (Lipinski definition) is 3. The number of nitro groups is 2. The minimum Gasteiger partial charge on any atom is -0.354 e. The number of non-ortho nitro benzene ring substituents is 2. The standard InChI is InChI=1S/C26H21N7O4/c34-32(35)23-13-9-21(10-14-23)30-27-17-19-5-1-3-7-25(19)29-26-8-4-2-6-20(26)18-28-31-22-11-15-24(16-12-22)33(36)37/h1-18,29-31H/b27-17+,28-18+. The molecule has 11 heteroatoms. The van der Waals surface area contributed by atoms with E-state index in [0.29, 0.717) is 11.4 Å². The zero-order valence-electron chi connectivity index (χ0n) is 19.3. The van der Waals surface area contributed by atoms with Crippen LogP contribution in [0.1, 0.15) is 11.1 Å². The normalized spacial score (nSPS) is 10.9. The number of nitrogens with zero attached hydrogens (tertiary/aromatic N) is 4. The molecule has 3 N–H and O–H groups in total. The van der Waals surface area contributed by atoms with E-state index in [2.05, 4.69) is 26.4 Å². The third kappa shape index (κ3) is 6.73. The largest absolute Gasteiger partial charge is 0.354 e. The van der Waals surface area contributed by atoms with Gasteiger partial charge in [-0.3, -0.25) is 31.1 Å². The Hall–Kier alpha value is -5.58. The number of para-hydroxylation sites is 2. The van der Waals surface area contributed by atoms with E-state index in [1.165, 1.54) is 24.3 Å². The van der Waals surface area contributed by atoms with Crippen LogP contribution < -0.4 is 16.2 Å². The van der Waals surface area contributed by atoms with E-state index < -0.39 is 9.85 Å². The molecule has 0 spiro atoms. The first kappa shape index (κ1) is 24.5. The van der Waals surface area contributed by atoms with Crippen LogP contribution in [0.15, 0.2) is 107 Å². The van der Waals surface area contributed by atoms with Crippen molar-refractivity contribution in [1.82, 2.24) is 0 Å². The topological polar surface area (TPSA) is 147 Å². The number of benzene rings is 4. The number of rotatable bonds is 10. The highest BCUT2D eigenvalue weighted by Crippen LogP contribution is 2.23. The molecule has 0 fully saturated rings. The van der Waals surface area contributed by atoms with Crippen LogP contribution >= 0.6 is 0 Å². The van der Waals surface area contributed by atoms with Crippen LogP contribution in [0.5, 0.6) is 0 Å². The van der Waals surface area contributed by atoms with Crippen LogP contribution in [0.4, 0.5) is 34.1 Å². The van der Waals surface area contributed by atoms with Gasteiger partial charge in [-0.2, -0.15) is 10.2 Å². The molecule has 0 radical (unpaired) electrons. The van der Waals surface area contributed by atoms with E-state index in [0.717, 1.165) is 22.5 Å². The fourth-order valence-corrected chi connectivity index (χ4v) is 3.26. The van der Waals surface area contributed by atoms with Crippen LogP contribution in [0.2, 0.25) is 0 Å². The summed E-state index contributed by atoms with van der Waals surface area (Å²) in [6.07, 6.45) is 3.30. The highest BCUT2D eigenvalue weighted by molar-refractivity contribution is 5.93. The molecule has 37 heavy (non-hydrogen) atoms. The first-order valence-corrected chi connectivity index (χ1v) is 11.0. The van der Waals surface area contributed by atoms with Crippen molar-refractivity contribution in [3.63, 3.8) is 0 Å². The molecule has 11 nitrogen and oxygen atoms in total. The second-order valence-corrected chi connectivity index (χ2v) is 7.65. The van der Waals surface area contributed by atoms with Gasteiger partial charge in [-0.1, -0.05) is 36.4 Å².